The van der Waals surface area contributed by atoms with Crippen LogP contribution in [0.1, 0.15) is 23.0 Å². The average Bonchev–Trinajstić information content (AvgIpc) is 3.12. The van der Waals surface area contributed by atoms with E-state index in [9.17, 15) is 4.79 Å². The number of hydrogen-bond donors (Lipinski definition) is 1. The molecular weight excluding hydrogens is 383 g/mol. The summed E-state index contributed by atoms with van der Waals surface area (Å²) in [4.78, 5) is 18.7. The van der Waals surface area contributed by atoms with Crippen molar-refractivity contribution in [2.45, 2.75) is 6.92 Å². The van der Waals surface area contributed by atoms with E-state index in [4.69, 9.17) is 27.9 Å². The molecule has 1 aromatic heterocycles. The van der Waals surface area contributed by atoms with E-state index >= 15 is 0 Å². The first-order valence-electron chi connectivity index (χ1n) is 7.63. The van der Waals surface area contributed by atoms with Crippen molar-refractivity contribution < 1.29 is 9.53 Å². The highest BCUT2D eigenvalue weighted by atomic mass is 35.5. The Hall–Kier alpha value is -1.67. The predicted molar refractivity (Wildman–Crippen MR) is 101 cm³/mol. The number of morpholine rings is 1. The van der Waals surface area contributed by atoms with Gasteiger partial charge in [0.05, 0.1) is 29.0 Å². The molecule has 25 heavy (non-hydrogen) atoms. The van der Waals surface area contributed by atoms with Crippen LogP contribution in [0.15, 0.2) is 28.7 Å². The Labute approximate surface area is 159 Å². The van der Waals surface area contributed by atoms with Gasteiger partial charge in [-0.25, -0.2) is 10.4 Å². The molecular formula is C16H16Cl2N4O2S. The molecule has 1 N–H and O–H groups in total. The molecule has 3 rings (SSSR count). The van der Waals surface area contributed by atoms with Gasteiger partial charge in [-0.2, -0.15) is 5.10 Å². The number of carbonyl (C=O) groups is 1. The Morgan fingerprint density at radius 1 is 1.32 bits per heavy atom. The van der Waals surface area contributed by atoms with Crippen LogP contribution in [0.2, 0.25) is 10.0 Å². The largest absolute Gasteiger partial charge is 0.378 e. The van der Waals surface area contributed by atoms with Crippen LogP contribution in [0.5, 0.6) is 0 Å². The van der Waals surface area contributed by atoms with Crippen LogP contribution in [0.25, 0.3) is 0 Å². The molecule has 132 valence electrons. The number of benzene rings is 1. The lowest BCUT2D eigenvalue weighted by Crippen LogP contribution is -2.36. The molecule has 1 aliphatic heterocycles. The number of hydrazone groups is 1. The van der Waals surface area contributed by atoms with Crippen molar-refractivity contribution in [2.24, 2.45) is 5.10 Å². The molecule has 0 bridgehead atoms. The second kappa shape index (κ2) is 8.14. The minimum Gasteiger partial charge on any atom is -0.378 e. The molecule has 1 saturated heterocycles. The number of amides is 1. The smallest absolute Gasteiger partial charge is 0.290 e. The maximum absolute atomic E-state index is 12.2. The zero-order chi connectivity index (χ0) is 17.8. The van der Waals surface area contributed by atoms with Gasteiger partial charge in [0.1, 0.15) is 5.69 Å². The molecule has 0 unspecified atom stereocenters. The van der Waals surface area contributed by atoms with Crippen molar-refractivity contribution in [2.75, 3.05) is 31.2 Å². The molecule has 0 spiro atoms. The first-order chi connectivity index (χ1) is 12.0. The molecule has 1 amide bonds. The van der Waals surface area contributed by atoms with Crippen LogP contribution in [0, 0.1) is 0 Å². The fourth-order valence-electron chi connectivity index (χ4n) is 2.25. The summed E-state index contributed by atoms with van der Waals surface area (Å²) < 4.78 is 5.32. The molecule has 0 aliphatic carbocycles. The number of carbonyl (C=O) groups excluding carboxylic acids is 1. The number of anilines is 1. The SMILES string of the molecule is C/C(=N\NC(=O)c1csc(N2CCOCC2)n1)c1ccc(Cl)c(Cl)c1. The Bertz CT molecular complexity index is 803. The first-order valence-corrected chi connectivity index (χ1v) is 9.26. The average molecular weight is 399 g/mol. The van der Waals surface area contributed by atoms with Gasteiger partial charge in [-0.3, -0.25) is 4.79 Å². The number of thiazole rings is 1. The molecule has 0 saturated carbocycles. The molecule has 2 heterocycles. The molecule has 2 aromatic rings. The third-order valence-electron chi connectivity index (χ3n) is 3.67. The van der Waals surface area contributed by atoms with Crippen molar-refractivity contribution in [3.63, 3.8) is 0 Å². The normalized spacial score (nSPS) is 15.3. The maximum Gasteiger partial charge on any atom is 0.290 e. The van der Waals surface area contributed by atoms with E-state index < -0.39 is 0 Å². The number of rotatable bonds is 4. The summed E-state index contributed by atoms with van der Waals surface area (Å²) in [7, 11) is 0. The minimum atomic E-state index is -0.352. The van der Waals surface area contributed by atoms with Gasteiger partial charge in [0, 0.05) is 18.5 Å². The van der Waals surface area contributed by atoms with E-state index in [0.29, 0.717) is 34.7 Å². The number of halogens is 2. The Morgan fingerprint density at radius 3 is 2.80 bits per heavy atom. The quantitative estimate of drug-likeness (QED) is 0.632. The fraction of sp³-hybridized carbons (Fsp3) is 0.312. The minimum absolute atomic E-state index is 0.345. The lowest BCUT2D eigenvalue weighted by Gasteiger charge is -2.25. The molecule has 0 radical (unpaired) electrons. The second-order valence-electron chi connectivity index (χ2n) is 5.38. The van der Waals surface area contributed by atoms with Gasteiger partial charge in [-0.05, 0) is 24.6 Å². The maximum atomic E-state index is 12.2. The van der Waals surface area contributed by atoms with E-state index in [1.165, 1.54) is 11.3 Å². The van der Waals surface area contributed by atoms with E-state index in [0.717, 1.165) is 23.8 Å². The first kappa shape index (κ1) is 18.1. The number of ether oxygens (including phenoxy) is 1. The summed E-state index contributed by atoms with van der Waals surface area (Å²) in [5.74, 6) is -0.352. The third kappa shape index (κ3) is 4.49. The van der Waals surface area contributed by atoms with E-state index in [2.05, 4.69) is 20.4 Å². The molecule has 1 aliphatic rings. The van der Waals surface area contributed by atoms with Crippen molar-refractivity contribution in [3.8, 4) is 0 Å². The standard InChI is InChI=1S/C16H16Cl2N4O2S/c1-10(11-2-3-12(17)13(18)8-11)20-21-15(23)14-9-25-16(19-14)22-4-6-24-7-5-22/h2-3,8-9H,4-7H2,1H3,(H,21,23)/b20-10+. The monoisotopic (exact) mass is 398 g/mol. The van der Waals surface area contributed by atoms with Crippen molar-refractivity contribution in [1.82, 2.24) is 10.4 Å². The van der Waals surface area contributed by atoms with Gasteiger partial charge < -0.3 is 9.64 Å². The summed E-state index contributed by atoms with van der Waals surface area (Å²) in [5.41, 5.74) is 4.27. The summed E-state index contributed by atoms with van der Waals surface area (Å²) in [6.07, 6.45) is 0. The molecule has 1 fully saturated rings. The van der Waals surface area contributed by atoms with Crippen molar-refractivity contribution in [1.29, 1.82) is 0 Å². The molecule has 0 atom stereocenters. The molecule has 1 aromatic carbocycles. The number of hydrogen-bond acceptors (Lipinski definition) is 6. The van der Waals surface area contributed by atoms with Crippen LogP contribution < -0.4 is 10.3 Å². The number of nitrogens with zero attached hydrogens (tertiary/aromatic N) is 3. The Kier molecular flexibility index (Phi) is 5.90. The van der Waals surface area contributed by atoms with Gasteiger partial charge in [-0.1, -0.05) is 29.3 Å². The summed E-state index contributed by atoms with van der Waals surface area (Å²) in [6.45, 7) is 4.69. The summed E-state index contributed by atoms with van der Waals surface area (Å²) in [6, 6.07) is 5.18. The van der Waals surface area contributed by atoms with Crippen molar-refractivity contribution in [3.05, 3.63) is 44.9 Å². The Balaban J connectivity index is 1.65. The van der Waals surface area contributed by atoms with Gasteiger partial charge in [-0.15, -0.1) is 11.3 Å². The second-order valence-corrected chi connectivity index (χ2v) is 7.03. The van der Waals surface area contributed by atoms with Gasteiger partial charge in [0.15, 0.2) is 5.13 Å². The topological polar surface area (TPSA) is 66.8 Å². The number of aromatic nitrogens is 1. The van der Waals surface area contributed by atoms with Crippen LogP contribution >= 0.6 is 34.5 Å². The Morgan fingerprint density at radius 2 is 2.08 bits per heavy atom. The highest BCUT2D eigenvalue weighted by molar-refractivity contribution is 7.13. The highest BCUT2D eigenvalue weighted by Crippen LogP contribution is 2.23. The number of nitrogens with one attached hydrogen (secondary N) is 1. The molecule has 9 heteroatoms. The van der Waals surface area contributed by atoms with Crippen LogP contribution in [-0.2, 0) is 4.74 Å². The van der Waals surface area contributed by atoms with Gasteiger partial charge >= 0.3 is 0 Å². The highest BCUT2D eigenvalue weighted by Gasteiger charge is 2.17. The van der Waals surface area contributed by atoms with E-state index in [1.807, 2.05) is 0 Å². The third-order valence-corrected chi connectivity index (χ3v) is 5.31. The zero-order valence-corrected chi connectivity index (χ0v) is 15.8. The van der Waals surface area contributed by atoms with Gasteiger partial charge in [0.2, 0.25) is 0 Å². The fourth-order valence-corrected chi connectivity index (χ4v) is 3.40. The van der Waals surface area contributed by atoms with Crippen LogP contribution in [0.4, 0.5) is 5.13 Å². The van der Waals surface area contributed by atoms with Crippen LogP contribution in [0.3, 0.4) is 0 Å². The zero-order valence-electron chi connectivity index (χ0n) is 13.5. The van der Waals surface area contributed by atoms with Gasteiger partial charge in [0.25, 0.3) is 5.91 Å². The molecule has 6 nitrogen and oxygen atoms in total. The predicted octanol–water partition coefficient (Wildman–Crippen LogP) is 3.44. The summed E-state index contributed by atoms with van der Waals surface area (Å²) in [5, 5.41) is 7.57. The van der Waals surface area contributed by atoms with E-state index in [1.54, 1.807) is 30.5 Å². The lowest BCUT2D eigenvalue weighted by molar-refractivity contribution is 0.0950. The lowest BCUT2D eigenvalue weighted by atomic mass is 10.1. The summed E-state index contributed by atoms with van der Waals surface area (Å²) >= 11 is 13.3. The van der Waals surface area contributed by atoms with Crippen LogP contribution in [-0.4, -0.2) is 42.9 Å². The van der Waals surface area contributed by atoms with E-state index in [-0.39, 0.29) is 5.91 Å². The van der Waals surface area contributed by atoms with Crippen molar-refractivity contribution >= 4 is 51.3 Å².